The third-order valence-electron chi connectivity index (χ3n) is 5.38. The van der Waals surface area contributed by atoms with Gasteiger partial charge in [0, 0.05) is 37.8 Å². The molecular weight excluding hydrogens is 272 g/mol. The van der Waals surface area contributed by atoms with Crippen LogP contribution in [-0.4, -0.2) is 31.3 Å². The molecule has 0 saturated heterocycles. The molecule has 2 rings (SSSR count). The van der Waals surface area contributed by atoms with Crippen molar-refractivity contribution in [2.24, 2.45) is 23.7 Å². The largest absolute Gasteiger partial charge is 0.390 e. The Morgan fingerprint density at radius 3 is 2.68 bits per heavy atom. The molecule has 2 aliphatic carbocycles. The average Bonchev–Trinajstić information content (AvgIpc) is 3.14. The van der Waals surface area contributed by atoms with Crippen LogP contribution in [0.4, 0.5) is 0 Å². The molecule has 0 aromatic heterocycles. The van der Waals surface area contributed by atoms with Gasteiger partial charge in [0.25, 0.3) is 0 Å². The molecule has 1 fully saturated rings. The number of aldehydes is 1. The van der Waals surface area contributed by atoms with Crippen LogP contribution < -0.4 is 5.32 Å². The Morgan fingerprint density at radius 1 is 1.41 bits per heavy atom. The standard InChI is InChI=1S/C19H28N2O/c1-6-17-15-9-10-16(12-15)19(17)14(3)21(5)18(8-7-11-22)13(2)20-4/h6,9-11,15-20H,1-3,7-8,12H2,4-5H3. The van der Waals surface area contributed by atoms with E-state index in [1.807, 2.05) is 7.05 Å². The fraction of sp³-hybridized carbons (Fsp3) is 0.526. The Labute approximate surface area is 134 Å². The second kappa shape index (κ2) is 6.99. The fourth-order valence-electron chi connectivity index (χ4n) is 4.08. The molecule has 3 nitrogen and oxygen atoms in total. The van der Waals surface area contributed by atoms with Crippen LogP contribution in [0.3, 0.4) is 0 Å². The molecule has 0 heterocycles. The number of likely N-dealkylation sites (N-methyl/N-ethyl adjacent to an activating group) is 2. The van der Waals surface area contributed by atoms with Crippen molar-refractivity contribution in [3.8, 4) is 0 Å². The predicted molar refractivity (Wildman–Crippen MR) is 92.1 cm³/mol. The van der Waals surface area contributed by atoms with Gasteiger partial charge in [-0.05, 0) is 30.6 Å². The van der Waals surface area contributed by atoms with Gasteiger partial charge in [0.05, 0.1) is 6.04 Å². The Bertz CT molecular complexity index is 494. The second-order valence-corrected chi connectivity index (χ2v) is 6.42. The highest BCUT2D eigenvalue weighted by molar-refractivity contribution is 5.49. The molecule has 0 aromatic carbocycles. The molecule has 1 saturated carbocycles. The maximum absolute atomic E-state index is 10.8. The lowest BCUT2D eigenvalue weighted by atomic mass is 9.80. The van der Waals surface area contributed by atoms with Gasteiger partial charge in [-0.2, -0.15) is 0 Å². The highest BCUT2D eigenvalue weighted by Gasteiger charge is 2.45. The fourth-order valence-corrected chi connectivity index (χ4v) is 4.08. The van der Waals surface area contributed by atoms with E-state index in [0.717, 1.165) is 24.1 Å². The van der Waals surface area contributed by atoms with Gasteiger partial charge in [-0.25, -0.2) is 0 Å². The molecule has 5 atom stereocenters. The van der Waals surface area contributed by atoms with Crippen molar-refractivity contribution in [1.29, 1.82) is 0 Å². The first-order valence-electron chi connectivity index (χ1n) is 8.07. The van der Waals surface area contributed by atoms with E-state index in [1.54, 1.807) is 0 Å². The van der Waals surface area contributed by atoms with E-state index in [-0.39, 0.29) is 6.04 Å². The minimum atomic E-state index is 0.0938. The van der Waals surface area contributed by atoms with Crippen molar-refractivity contribution in [2.75, 3.05) is 14.1 Å². The summed E-state index contributed by atoms with van der Waals surface area (Å²) in [5.41, 5.74) is 2.06. The van der Waals surface area contributed by atoms with Gasteiger partial charge in [-0.15, -0.1) is 6.58 Å². The highest BCUT2D eigenvalue weighted by atomic mass is 16.1. The zero-order chi connectivity index (χ0) is 16.3. The number of fused-ring (bicyclic) bond motifs is 2. The van der Waals surface area contributed by atoms with Crippen molar-refractivity contribution in [1.82, 2.24) is 10.2 Å². The molecule has 0 radical (unpaired) electrons. The zero-order valence-corrected chi connectivity index (χ0v) is 13.8. The lowest BCUT2D eigenvalue weighted by Gasteiger charge is -2.38. The first-order chi connectivity index (χ1) is 10.5. The molecule has 0 aromatic rings. The van der Waals surface area contributed by atoms with Crippen LogP contribution in [0.15, 0.2) is 49.4 Å². The van der Waals surface area contributed by atoms with Crippen molar-refractivity contribution < 1.29 is 4.79 Å². The summed E-state index contributed by atoms with van der Waals surface area (Å²) in [4.78, 5) is 13.0. The minimum Gasteiger partial charge on any atom is -0.390 e. The van der Waals surface area contributed by atoms with E-state index in [0.29, 0.717) is 30.1 Å². The number of carbonyl (C=O) groups excluding carboxylic acids is 1. The lowest BCUT2D eigenvalue weighted by Crippen LogP contribution is -2.40. The molecule has 1 N–H and O–H groups in total. The molecule has 120 valence electrons. The average molecular weight is 300 g/mol. The highest BCUT2D eigenvalue weighted by Crippen LogP contribution is 2.51. The van der Waals surface area contributed by atoms with Gasteiger partial charge < -0.3 is 15.0 Å². The van der Waals surface area contributed by atoms with Crippen LogP contribution in [0.1, 0.15) is 19.3 Å². The first-order valence-corrected chi connectivity index (χ1v) is 8.07. The number of rotatable bonds is 9. The summed E-state index contributed by atoms with van der Waals surface area (Å²) in [7, 11) is 3.94. The molecule has 2 aliphatic rings. The quantitative estimate of drug-likeness (QED) is 0.524. The lowest BCUT2D eigenvalue weighted by molar-refractivity contribution is -0.108. The van der Waals surface area contributed by atoms with Crippen molar-refractivity contribution in [3.05, 3.63) is 49.4 Å². The Morgan fingerprint density at radius 2 is 2.09 bits per heavy atom. The van der Waals surface area contributed by atoms with E-state index in [2.05, 4.69) is 55.2 Å². The number of allylic oxidation sites excluding steroid dienone is 4. The molecule has 22 heavy (non-hydrogen) atoms. The van der Waals surface area contributed by atoms with Crippen molar-refractivity contribution in [2.45, 2.75) is 25.3 Å². The topological polar surface area (TPSA) is 32.3 Å². The maximum Gasteiger partial charge on any atom is 0.120 e. The summed E-state index contributed by atoms with van der Waals surface area (Å²) in [6.07, 6.45) is 10.2. The SMILES string of the molecule is C=CC1C2C=CC(C2)C1C(=C)N(C)C(CCC=O)C(=C)NC. The van der Waals surface area contributed by atoms with E-state index < -0.39 is 0 Å². The zero-order valence-electron chi connectivity index (χ0n) is 13.8. The third kappa shape index (κ3) is 2.90. The molecule has 5 unspecified atom stereocenters. The van der Waals surface area contributed by atoms with Crippen LogP contribution in [0, 0.1) is 23.7 Å². The van der Waals surface area contributed by atoms with Crippen molar-refractivity contribution in [3.63, 3.8) is 0 Å². The van der Waals surface area contributed by atoms with Gasteiger partial charge in [-0.3, -0.25) is 0 Å². The molecule has 0 spiro atoms. The number of nitrogens with one attached hydrogen (secondary N) is 1. The van der Waals surface area contributed by atoms with E-state index in [4.69, 9.17) is 0 Å². The molecule has 3 heteroatoms. The monoisotopic (exact) mass is 300 g/mol. The van der Waals surface area contributed by atoms with Crippen LogP contribution >= 0.6 is 0 Å². The van der Waals surface area contributed by atoms with Crippen LogP contribution in [0.25, 0.3) is 0 Å². The maximum atomic E-state index is 10.8. The molecule has 0 aliphatic heterocycles. The first kappa shape index (κ1) is 16.6. The number of hydrogen-bond donors (Lipinski definition) is 1. The van der Waals surface area contributed by atoms with Gasteiger partial charge in [-0.1, -0.05) is 31.4 Å². The third-order valence-corrected chi connectivity index (χ3v) is 5.38. The molecule has 0 amide bonds. The normalized spacial score (nSPS) is 29.9. The number of carbonyl (C=O) groups is 1. The molecule has 2 bridgehead atoms. The predicted octanol–water partition coefficient (Wildman–Crippen LogP) is 3.14. The summed E-state index contributed by atoms with van der Waals surface area (Å²) in [6, 6.07) is 0.0938. The van der Waals surface area contributed by atoms with Gasteiger partial charge >= 0.3 is 0 Å². The van der Waals surface area contributed by atoms with Gasteiger partial charge in [0.2, 0.25) is 0 Å². The summed E-state index contributed by atoms with van der Waals surface area (Å²) in [5, 5.41) is 3.13. The summed E-state index contributed by atoms with van der Waals surface area (Å²) >= 11 is 0. The van der Waals surface area contributed by atoms with E-state index in [9.17, 15) is 4.79 Å². The van der Waals surface area contributed by atoms with Gasteiger partial charge in [0.15, 0.2) is 0 Å². The Hall–Kier alpha value is -1.77. The summed E-state index contributed by atoms with van der Waals surface area (Å²) in [6.45, 7) is 12.5. The summed E-state index contributed by atoms with van der Waals surface area (Å²) < 4.78 is 0. The molecular formula is C19H28N2O. The van der Waals surface area contributed by atoms with Crippen molar-refractivity contribution >= 4 is 6.29 Å². The van der Waals surface area contributed by atoms with E-state index >= 15 is 0 Å². The number of nitrogens with zero attached hydrogens (tertiary/aromatic N) is 1. The van der Waals surface area contributed by atoms with E-state index in [1.165, 1.54) is 6.42 Å². The number of hydrogen-bond acceptors (Lipinski definition) is 3. The van der Waals surface area contributed by atoms with Crippen LogP contribution in [-0.2, 0) is 4.79 Å². The smallest absolute Gasteiger partial charge is 0.120 e. The van der Waals surface area contributed by atoms with Crippen LogP contribution in [0.5, 0.6) is 0 Å². The Kier molecular flexibility index (Phi) is 5.28. The summed E-state index contributed by atoms with van der Waals surface area (Å²) in [5.74, 6) is 2.07. The minimum absolute atomic E-state index is 0.0938. The Balaban J connectivity index is 2.15. The second-order valence-electron chi connectivity index (χ2n) is 6.42. The van der Waals surface area contributed by atoms with Gasteiger partial charge in [0.1, 0.15) is 6.29 Å². The van der Waals surface area contributed by atoms with Crippen LogP contribution in [0.2, 0.25) is 0 Å².